The van der Waals surface area contributed by atoms with Crippen LogP contribution >= 0.6 is 0 Å². The molecule has 3 N–H and O–H groups in total. The molecule has 0 spiro atoms. The first-order chi connectivity index (χ1) is 8.19. The maximum Gasteiger partial charge on any atom is 0.239 e. The van der Waals surface area contributed by atoms with E-state index in [1.54, 1.807) is 7.11 Å². The first-order valence-corrected chi connectivity index (χ1v) is 6.31. The zero-order valence-electron chi connectivity index (χ0n) is 10.8. The Labute approximate surface area is 103 Å². The van der Waals surface area contributed by atoms with E-state index in [9.17, 15) is 4.79 Å². The van der Waals surface area contributed by atoms with Crippen molar-refractivity contribution >= 4 is 5.91 Å². The monoisotopic (exact) mass is 244 g/mol. The second-order valence-electron chi connectivity index (χ2n) is 4.53. The van der Waals surface area contributed by atoms with Gasteiger partial charge in [0.05, 0.1) is 6.61 Å². The lowest BCUT2D eigenvalue weighted by Crippen LogP contribution is -2.50. The van der Waals surface area contributed by atoms with Crippen molar-refractivity contribution in [3.63, 3.8) is 0 Å². The fourth-order valence-corrected chi connectivity index (χ4v) is 2.22. The molecule has 1 aliphatic heterocycles. The van der Waals surface area contributed by atoms with Crippen molar-refractivity contribution in [2.75, 3.05) is 26.9 Å². The normalized spacial score (nSPS) is 20.9. The molecule has 100 valence electrons. The summed E-state index contributed by atoms with van der Waals surface area (Å²) in [4.78, 5) is 11.8. The summed E-state index contributed by atoms with van der Waals surface area (Å²) in [5, 5.41) is 3.02. The van der Waals surface area contributed by atoms with E-state index in [1.165, 1.54) is 0 Å². The molecule has 1 aliphatic rings. The molecule has 0 aromatic rings. The van der Waals surface area contributed by atoms with E-state index < -0.39 is 6.04 Å². The molecule has 0 aromatic carbocycles. The summed E-state index contributed by atoms with van der Waals surface area (Å²) >= 11 is 0. The first kappa shape index (κ1) is 14.4. The van der Waals surface area contributed by atoms with Gasteiger partial charge in [-0.2, -0.15) is 0 Å². The molecular weight excluding hydrogens is 220 g/mol. The molecule has 5 heteroatoms. The molecular formula is C12H24N2O3. The van der Waals surface area contributed by atoms with Crippen LogP contribution in [0.3, 0.4) is 0 Å². The fraction of sp³-hybridized carbons (Fsp3) is 0.917. The number of rotatable bonds is 6. The highest BCUT2D eigenvalue weighted by molar-refractivity contribution is 5.81. The van der Waals surface area contributed by atoms with Crippen LogP contribution in [0.4, 0.5) is 0 Å². The zero-order chi connectivity index (χ0) is 12.7. The molecule has 0 aliphatic carbocycles. The molecule has 0 aromatic heterocycles. The molecule has 1 rings (SSSR count). The van der Waals surface area contributed by atoms with Gasteiger partial charge in [0, 0.05) is 26.4 Å². The summed E-state index contributed by atoms with van der Waals surface area (Å²) in [6, 6.07) is -0.372. The number of carbonyl (C=O) groups is 1. The van der Waals surface area contributed by atoms with Crippen LogP contribution in [0.15, 0.2) is 0 Å². The van der Waals surface area contributed by atoms with Crippen molar-refractivity contribution in [3.05, 3.63) is 0 Å². The van der Waals surface area contributed by atoms with Gasteiger partial charge in [0.25, 0.3) is 0 Å². The predicted octanol–water partition coefficient (Wildman–Crippen LogP) is 0.282. The number of amides is 1. The third-order valence-electron chi connectivity index (χ3n) is 3.29. The molecule has 2 unspecified atom stereocenters. The standard InChI is InChI=1S/C12H24N2O3/c1-3-11(9-4-6-17-7-5-9)14-12(15)10(13)8-16-2/h9-11H,3-8,13H2,1-2H3,(H,14,15). The van der Waals surface area contributed by atoms with E-state index in [2.05, 4.69) is 12.2 Å². The summed E-state index contributed by atoms with van der Waals surface area (Å²) in [7, 11) is 1.54. The van der Waals surface area contributed by atoms with Gasteiger partial charge in [-0.1, -0.05) is 6.92 Å². The Morgan fingerprint density at radius 3 is 2.71 bits per heavy atom. The minimum Gasteiger partial charge on any atom is -0.383 e. The molecule has 5 nitrogen and oxygen atoms in total. The lowest BCUT2D eigenvalue weighted by atomic mass is 9.90. The molecule has 0 saturated carbocycles. The van der Waals surface area contributed by atoms with Crippen molar-refractivity contribution in [1.82, 2.24) is 5.32 Å². The van der Waals surface area contributed by atoms with Crippen LogP contribution in [0.1, 0.15) is 26.2 Å². The second-order valence-corrected chi connectivity index (χ2v) is 4.53. The van der Waals surface area contributed by atoms with E-state index in [0.717, 1.165) is 32.5 Å². The Morgan fingerprint density at radius 2 is 2.18 bits per heavy atom. The van der Waals surface area contributed by atoms with Crippen LogP contribution in [-0.2, 0) is 14.3 Å². The number of hydrogen-bond acceptors (Lipinski definition) is 4. The lowest BCUT2D eigenvalue weighted by Gasteiger charge is -2.31. The summed E-state index contributed by atoms with van der Waals surface area (Å²) in [5.74, 6) is 0.387. The van der Waals surface area contributed by atoms with Gasteiger partial charge in [-0.15, -0.1) is 0 Å². The van der Waals surface area contributed by atoms with Crippen molar-refractivity contribution in [2.45, 2.75) is 38.3 Å². The van der Waals surface area contributed by atoms with Gasteiger partial charge >= 0.3 is 0 Å². The van der Waals surface area contributed by atoms with Crippen molar-refractivity contribution < 1.29 is 14.3 Å². The van der Waals surface area contributed by atoms with Gasteiger partial charge in [0.15, 0.2) is 0 Å². The predicted molar refractivity (Wildman–Crippen MR) is 65.6 cm³/mol. The molecule has 1 saturated heterocycles. The van der Waals surface area contributed by atoms with Gasteiger partial charge in [0.1, 0.15) is 6.04 Å². The number of nitrogens with one attached hydrogen (secondary N) is 1. The van der Waals surface area contributed by atoms with Crippen LogP contribution < -0.4 is 11.1 Å². The summed E-state index contributed by atoms with van der Waals surface area (Å²) in [5.41, 5.74) is 5.70. The topological polar surface area (TPSA) is 73.6 Å². The summed E-state index contributed by atoms with van der Waals surface area (Å²) < 4.78 is 10.2. The van der Waals surface area contributed by atoms with Crippen LogP contribution in [-0.4, -0.2) is 44.9 Å². The van der Waals surface area contributed by atoms with Gasteiger partial charge in [-0.05, 0) is 25.2 Å². The highest BCUT2D eigenvalue weighted by atomic mass is 16.5. The maximum atomic E-state index is 11.8. The number of ether oxygens (including phenoxy) is 2. The van der Waals surface area contributed by atoms with Crippen molar-refractivity contribution in [2.24, 2.45) is 11.7 Å². The molecule has 0 bridgehead atoms. The molecule has 17 heavy (non-hydrogen) atoms. The van der Waals surface area contributed by atoms with E-state index in [4.69, 9.17) is 15.2 Å². The molecule has 2 atom stereocenters. The van der Waals surface area contributed by atoms with Crippen LogP contribution in [0, 0.1) is 5.92 Å². The quantitative estimate of drug-likeness (QED) is 0.704. The van der Waals surface area contributed by atoms with Gasteiger partial charge < -0.3 is 20.5 Å². The Hall–Kier alpha value is -0.650. The summed E-state index contributed by atoms with van der Waals surface area (Å²) in [6.07, 6.45) is 2.95. The van der Waals surface area contributed by atoms with Gasteiger partial charge in [0.2, 0.25) is 5.91 Å². The minimum atomic E-state index is -0.575. The van der Waals surface area contributed by atoms with Gasteiger partial charge in [-0.25, -0.2) is 0 Å². The molecule has 1 fully saturated rings. The van der Waals surface area contributed by atoms with Crippen LogP contribution in [0.2, 0.25) is 0 Å². The number of methoxy groups -OCH3 is 1. The second kappa shape index (κ2) is 7.63. The summed E-state index contributed by atoms with van der Waals surface area (Å²) in [6.45, 7) is 3.93. The lowest BCUT2D eigenvalue weighted by molar-refractivity contribution is -0.124. The Kier molecular flexibility index (Phi) is 6.47. The Balaban J connectivity index is 2.42. The van der Waals surface area contributed by atoms with E-state index >= 15 is 0 Å². The highest BCUT2D eigenvalue weighted by Gasteiger charge is 2.25. The first-order valence-electron chi connectivity index (χ1n) is 6.31. The number of carbonyl (C=O) groups excluding carboxylic acids is 1. The zero-order valence-corrected chi connectivity index (χ0v) is 10.8. The minimum absolute atomic E-state index is 0.120. The third-order valence-corrected chi connectivity index (χ3v) is 3.29. The fourth-order valence-electron chi connectivity index (χ4n) is 2.22. The van der Waals surface area contributed by atoms with Crippen molar-refractivity contribution in [3.8, 4) is 0 Å². The average Bonchev–Trinajstić information content (AvgIpc) is 2.37. The van der Waals surface area contributed by atoms with Crippen LogP contribution in [0.5, 0.6) is 0 Å². The van der Waals surface area contributed by atoms with E-state index in [1.807, 2.05) is 0 Å². The third kappa shape index (κ3) is 4.61. The molecule has 1 heterocycles. The average molecular weight is 244 g/mol. The van der Waals surface area contributed by atoms with E-state index in [-0.39, 0.29) is 18.6 Å². The highest BCUT2D eigenvalue weighted by Crippen LogP contribution is 2.20. The SMILES string of the molecule is CCC(NC(=O)C(N)COC)C1CCOCC1. The largest absolute Gasteiger partial charge is 0.383 e. The molecule has 1 amide bonds. The smallest absolute Gasteiger partial charge is 0.239 e. The van der Waals surface area contributed by atoms with E-state index in [0.29, 0.717) is 5.92 Å². The number of hydrogen-bond donors (Lipinski definition) is 2. The Bertz CT molecular complexity index is 230. The Morgan fingerprint density at radius 1 is 1.53 bits per heavy atom. The van der Waals surface area contributed by atoms with Gasteiger partial charge in [-0.3, -0.25) is 4.79 Å². The number of nitrogens with two attached hydrogens (primary N) is 1. The molecule has 0 radical (unpaired) electrons. The van der Waals surface area contributed by atoms with Crippen molar-refractivity contribution in [1.29, 1.82) is 0 Å². The maximum absolute atomic E-state index is 11.8. The van der Waals surface area contributed by atoms with Crippen LogP contribution in [0.25, 0.3) is 0 Å².